The number of amides is 1. The second kappa shape index (κ2) is 6.83. The molecule has 0 aliphatic rings. The summed E-state index contributed by atoms with van der Waals surface area (Å²) in [6, 6.07) is 11.8. The molecule has 0 spiro atoms. The van der Waals surface area contributed by atoms with Crippen molar-refractivity contribution in [2.24, 2.45) is 0 Å². The van der Waals surface area contributed by atoms with E-state index in [1.165, 1.54) is 23.1 Å². The van der Waals surface area contributed by atoms with E-state index in [-0.39, 0.29) is 11.6 Å². The molecule has 0 bridgehead atoms. The van der Waals surface area contributed by atoms with Crippen molar-refractivity contribution in [3.05, 3.63) is 59.7 Å². The smallest absolute Gasteiger partial charge is 0.272 e. The molecule has 1 aromatic heterocycles. The number of ether oxygens (including phenoxy) is 1. The minimum absolute atomic E-state index is 0.0908. The lowest BCUT2D eigenvalue weighted by molar-refractivity contribution is 0.0766. The molecule has 0 saturated heterocycles. The Morgan fingerprint density at radius 3 is 2.76 bits per heavy atom. The third-order valence-electron chi connectivity index (χ3n) is 2.97. The van der Waals surface area contributed by atoms with Crippen LogP contribution in [0.15, 0.2) is 42.5 Å². The molecule has 1 heterocycles. The van der Waals surface area contributed by atoms with E-state index in [2.05, 4.69) is 4.98 Å². The summed E-state index contributed by atoms with van der Waals surface area (Å²) in [5.74, 6) is -0.229. The lowest BCUT2D eigenvalue weighted by atomic mass is 10.2. The van der Waals surface area contributed by atoms with Crippen LogP contribution < -0.4 is 4.74 Å². The van der Waals surface area contributed by atoms with Crippen molar-refractivity contribution in [2.45, 2.75) is 6.92 Å². The summed E-state index contributed by atoms with van der Waals surface area (Å²) < 4.78 is 18.6. The molecule has 5 heteroatoms. The molecule has 0 N–H and O–H groups in total. The Hall–Kier alpha value is -2.43. The van der Waals surface area contributed by atoms with E-state index in [0.717, 1.165) is 11.3 Å². The number of pyridine rings is 1. The van der Waals surface area contributed by atoms with Gasteiger partial charge in [-0.1, -0.05) is 18.2 Å². The van der Waals surface area contributed by atoms with Gasteiger partial charge in [-0.25, -0.2) is 4.98 Å². The van der Waals surface area contributed by atoms with Crippen molar-refractivity contribution in [3.8, 4) is 5.75 Å². The fourth-order valence-electron chi connectivity index (χ4n) is 1.83. The largest absolute Gasteiger partial charge is 0.492 e. The van der Waals surface area contributed by atoms with Crippen LogP contribution >= 0.6 is 0 Å². The van der Waals surface area contributed by atoms with Crippen LogP contribution in [0.1, 0.15) is 16.1 Å². The fraction of sp³-hybridized carbons (Fsp3) is 0.250. The number of carbonyl (C=O) groups is 1. The Bertz CT molecular complexity index is 631. The molecule has 1 amide bonds. The maximum atomic E-state index is 13.0. The van der Waals surface area contributed by atoms with Crippen molar-refractivity contribution in [2.75, 3.05) is 20.2 Å². The Morgan fingerprint density at radius 1 is 1.29 bits per heavy atom. The highest BCUT2D eigenvalue weighted by atomic mass is 19.1. The zero-order valence-corrected chi connectivity index (χ0v) is 12.0. The van der Waals surface area contributed by atoms with E-state index >= 15 is 0 Å². The van der Waals surface area contributed by atoms with Gasteiger partial charge in [0.25, 0.3) is 5.91 Å². The average molecular weight is 288 g/mol. The molecule has 0 fully saturated rings. The van der Waals surface area contributed by atoms with E-state index in [1.807, 2.05) is 31.2 Å². The van der Waals surface area contributed by atoms with Crippen molar-refractivity contribution in [3.63, 3.8) is 0 Å². The molecule has 21 heavy (non-hydrogen) atoms. The van der Waals surface area contributed by atoms with E-state index < -0.39 is 5.95 Å². The summed E-state index contributed by atoms with van der Waals surface area (Å²) in [5.41, 5.74) is 1.20. The first-order valence-corrected chi connectivity index (χ1v) is 6.64. The second-order valence-corrected chi connectivity index (χ2v) is 4.74. The molecule has 1 aromatic carbocycles. The van der Waals surface area contributed by atoms with Gasteiger partial charge in [-0.05, 0) is 36.8 Å². The van der Waals surface area contributed by atoms with E-state index in [4.69, 9.17) is 4.74 Å². The van der Waals surface area contributed by atoms with Gasteiger partial charge in [0.1, 0.15) is 18.1 Å². The normalized spacial score (nSPS) is 10.2. The predicted octanol–water partition coefficient (Wildman–Crippen LogP) is 2.68. The molecule has 2 aromatic rings. The summed E-state index contributed by atoms with van der Waals surface area (Å²) in [5, 5.41) is 0. The third kappa shape index (κ3) is 4.27. The van der Waals surface area contributed by atoms with Gasteiger partial charge in [0.05, 0.1) is 6.54 Å². The van der Waals surface area contributed by atoms with E-state index in [9.17, 15) is 9.18 Å². The second-order valence-electron chi connectivity index (χ2n) is 4.74. The summed E-state index contributed by atoms with van der Waals surface area (Å²) >= 11 is 0. The van der Waals surface area contributed by atoms with Crippen molar-refractivity contribution in [1.29, 1.82) is 0 Å². The van der Waals surface area contributed by atoms with Crippen LogP contribution in [0.3, 0.4) is 0 Å². The Balaban J connectivity index is 1.87. The highest BCUT2D eigenvalue weighted by Crippen LogP contribution is 2.12. The summed E-state index contributed by atoms with van der Waals surface area (Å²) in [4.78, 5) is 17.1. The highest BCUT2D eigenvalue weighted by Gasteiger charge is 2.13. The van der Waals surface area contributed by atoms with Crippen molar-refractivity contribution < 1.29 is 13.9 Å². The van der Waals surface area contributed by atoms with Gasteiger partial charge in [-0.15, -0.1) is 0 Å². The van der Waals surface area contributed by atoms with Crippen LogP contribution in [0.4, 0.5) is 4.39 Å². The van der Waals surface area contributed by atoms with Crippen molar-refractivity contribution >= 4 is 5.91 Å². The zero-order valence-electron chi connectivity index (χ0n) is 12.0. The Labute approximate surface area is 123 Å². The fourth-order valence-corrected chi connectivity index (χ4v) is 1.83. The monoisotopic (exact) mass is 288 g/mol. The maximum absolute atomic E-state index is 13.0. The number of aromatic nitrogens is 1. The number of likely N-dealkylation sites (N-methyl/N-ethyl adjacent to an activating group) is 1. The average Bonchev–Trinajstić information content (AvgIpc) is 2.46. The number of benzene rings is 1. The lowest BCUT2D eigenvalue weighted by Gasteiger charge is -2.17. The van der Waals surface area contributed by atoms with Gasteiger partial charge in [0.15, 0.2) is 0 Å². The van der Waals surface area contributed by atoms with Crippen LogP contribution in [-0.4, -0.2) is 36.0 Å². The minimum atomic E-state index is -0.662. The molecule has 4 nitrogen and oxygen atoms in total. The number of hydrogen-bond donors (Lipinski definition) is 0. The van der Waals surface area contributed by atoms with Gasteiger partial charge >= 0.3 is 0 Å². The summed E-state index contributed by atoms with van der Waals surface area (Å²) in [6.07, 6.45) is 0. The molecule has 0 unspecified atom stereocenters. The number of nitrogens with zero attached hydrogens (tertiary/aromatic N) is 2. The molecule has 110 valence electrons. The minimum Gasteiger partial charge on any atom is -0.492 e. The molecule has 0 radical (unpaired) electrons. The number of halogens is 1. The zero-order chi connectivity index (χ0) is 15.2. The number of hydrogen-bond acceptors (Lipinski definition) is 3. The van der Waals surface area contributed by atoms with Crippen molar-refractivity contribution in [1.82, 2.24) is 9.88 Å². The lowest BCUT2D eigenvalue weighted by Crippen LogP contribution is -2.31. The van der Waals surface area contributed by atoms with Crippen LogP contribution in [0, 0.1) is 12.9 Å². The SMILES string of the molecule is Cc1cccc(OCCN(C)C(=O)c2cccc(F)n2)c1. The first-order valence-electron chi connectivity index (χ1n) is 6.64. The van der Waals surface area contributed by atoms with Gasteiger partial charge in [0.2, 0.25) is 5.95 Å². The molecule has 0 aliphatic heterocycles. The quantitative estimate of drug-likeness (QED) is 0.794. The van der Waals surface area contributed by atoms with Crippen LogP contribution in [0.5, 0.6) is 5.75 Å². The predicted molar refractivity (Wildman–Crippen MR) is 77.8 cm³/mol. The van der Waals surface area contributed by atoms with Crippen LogP contribution in [-0.2, 0) is 0 Å². The molecule has 2 rings (SSSR count). The van der Waals surface area contributed by atoms with Gasteiger partial charge in [-0.3, -0.25) is 4.79 Å². The van der Waals surface area contributed by atoms with Gasteiger partial charge in [0, 0.05) is 7.05 Å². The first-order chi connectivity index (χ1) is 10.1. The standard InChI is InChI=1S/C16H17FN2O2/c1-12-5-3-6-13(11-12)21-10-9-19(2)16(20)14-7-4-8-15(17)18-14/h3-8,11H,9-10H2,1-2H3. The topological polar surface area (TPSA) is 42.4 Å². The molecular formula is C16H17FN2O2. The summed E-state index contributed by atoms with van der Waals surface area (Å²) in [6.45, 7) is 2.74. The van der Waals surface area contributed by atoms with Gasteiger partial charge < -0.3 is 9.64 Å². The summed E-state index contributed by atoms with van der Waals surface area (Å²) in [7, 11) is 1.63. The Kier molecular flexibility index (Phi) is 4.87. The van der Waals surface area contributed by atoms with E-state index in [0.29, 0.717) is 13.2 Å². The Morgan fingerprint density at radius 2 is 2.05 bits per heavy atom. The van der Waals surface area contributed by atoms with E-state index in [1.54, 1.807) is 7.05 Å². The molecule has 0 atom stereocenters. The first kappa shape index (κ1) is 15.0. The molecular weight excluding hydrogens is 271 g/mol. The number of carbonyl (C=O) groups excluding carboxylic acids is 1. The highest BCUT2D eigenvalue weighted by molar-refractivity contribution is 5.92. The third-order valence-corrected chi connectivity index (χ3v) is 2.97. The van der Waals surface area contributed by atoms with Gasteiger partial charge in [-0.2, -0.15) is 4.39 Å². The number of rotatable bonds is 5. The number of aryl methyl sites for hydroxylation is 1. The van der Waals surface area contributed by atoms with Crippen LogP contribution in [0.2, 0.25) is 0 Å². The van der Waals surface area contributed by atoms with Crippen LogP contribution in [0.25, 0.3) is 0 Å². The molecule has 0 aliphatic carbocycles. The molecule has 0 saturated carbocycles. The maximum Gasteiger partial charge on any atom is 0.272 e.